The van der Waals surface area contributed by atoms with Crippen molar-refractivity contribution in [3.63, 3.8) is 0 Å². The number of thiophene rings is 1. The zero-order valence-electron chi connectivity index (χ0n) is 18.7. The number of hydrogen-bond acceptors (Lipinski definition) is 6. The van der Waals surface area contributed by atoms with Crippen molar-refractivity contribution in [3.05, 3.63) is 34.8 Å². The highest BCUT2D eigenvalue weighted by atomic mass is 32.1. The van der Waals surface area contributed by atoms with Crippen molar-refractivity contribution in [2.75, 3.05) is 11.4 Å². The molecule has 0 radical (unpaired) electrons. The molecule has 0 aliphatic carbocycles. The smallest absolute Gasteiger partial charge is 0.475 e. The van der Waals surface area contributed by atoms with E-state index < -0.39 is 24.3 Å². The lowest BCUT2D eigenvalue weighted by molar-refractivity contribution is -0.193. The van der Waals surface area contributed by atoms with Crippen LogP contribution in [0.3, 0.4) is 0 Å². The first-order chi connectivity index (χ1) is 16.6. The van der Waals surface area contributed by atoms with Gasteiger partial charge in [0, 0.05) is 38.8 Å². The summed E-state index contributed by atoms with van der Waals surface area (Å²) in [6, 6.07) is 2.96. The van der Waals surface area contributed by atoms with Crippen LogP contribution in [0.1, 0.15) is 24.8 Å². The predicted molar refractivity (Wildman–Crippen MR) is 114 cm³/mol. The van der Waals surface area contributed by atoms with E-state index in [9.17, 15) is 31.1 Å². The summed E-state index contributed by atoms with van der Waals surface area (Å²) in [5.74, 6) is -5.27. The van der Waals surface area contributed by atoms with E-state index >= 15 is 0 Å². The number of likely N-dealkylation sites (tertiary alicyclic amines) is 1. The third-order valence-corrected chi connectivity index (χ3v) is 6.03. The number of fused-ring (bicyclic) bond motifs is 1. The molecule has 0 aromatic carbocycles. The van der Waals surface area contributed by atoms with Crippen LogP contribution < -0.4 is 4.90 Å². The van der Waals surface area contributed by atoms with Gasteiger partial charge in [-0.3, -0.25) is 14.4 Å². The molecule has 0 spiro atoms. The van der Waals surface area contributed by atoms with Crippen LogP contribution in [0.15, 0.2) is 29.2 Å². The van der Waals surface area contributed by atoms with Crippen LogP contribution in [0.5, 0.6) is 0 Å². The summed E-state index contributed by atoms with van der Waals surface area (Å²) in [6.45, 7) is 2.06. The van der Waals surface area contributed by atoms with E-state index in [4.69, 9.17) is 19.8 Å². The number of anilines is 1. The molecule has 16 heteroatoms. The second kappa shape index (κ2) is 11.7. The average molecular weight is 544 g/mol. The van der Waals surface area contributed by atoms with Crippen LogP contribution in [-0.4, -0.2) is 73.7 Å². The molecule has 2 N–H and O–H groups in total. The Labute approximate surface area is 204 Å². The van der Waals surface area contributed by atoms with Gasteiger partial charge in [0.2, 0.25) is 5.91 Å². The third-order valence-electron chi connectivity index (χ3n) is 5.30. The molecule has 36 heavy (non-hydrogen) atoms. The van der Waals surface area contributed by atoms with Crippen molar-refractivity contribution < 1.29 is 50.9 Å². The van der Waals surface area contributed by atoms with Gasteiger partial charge < -0.3 is 15.1 Å². The topological polar surface area (TPSA) is 116 Å². The standard InChI is InChI=1S/C16H20N4OS.2C2HF3O2/c1-18-10-13(8-17-18)20-15-4-6-19(9-12-5-7-22-11-12)14(15)2-3-16(20)21;2*3-2(4,5)1(6)7/h5,7-8,10-11,14-15H,2-4,6,9H2,1H3;2*(H,6,7)/t14-,15-;;/m1../s1. The molecule has 2 aliphatic heterocycles. The molecule has 4 heterocycles. The number of amides is 1. The highest BCUT2D eigenvalue weighted by Crippen LogP contribution is 2.35. The fraction of sp³-hybridized carbons (Fsp3) is 0.500. The summed E-state index contributed by atoms with van der Waals surface area (Å²) in [5, 5.41) is 22.8. The van der Waals surface area contributed by atoms with E-state index in [0.29, 0.717) is 18.5 Å². The molecule has 2 fully saturated rings. The molecule has 0 bridgehead atoms. The van der Waals surface area contributed by atoms with Gasteiger partial charge in [-0.05, 0) is 35.2 Å². The number of alkyl halides is 6. The van der Waals surface area contributed by atoms with Crippen molar-refractivity contribution >= 4 is 34.9 Å². The molecule has 9 nitrogen and oxygen atoms in total. The van der Waals surface area contributed by atoms with Gasteiger partial charge in [-0.2, -0.15) is 42.8 Å². The van der Waals surface area contributed by atoms with E-state index in [-0.39, 0.29) is 5.91 Å². The van der Waals surface area contributed by atoms with Gasteiger partial charge in [0.1, 0.15) is 0 Å². The highest BCUT2D eigenvalue weighted by molar-refractivity contribution is 7.07. The monoisotopic (exact) mass is 544 g/mol. The van der Waals surface area contributed by atoms with Crippen LogP contribution in [-0.2, 0) is 28.0 Å². The molecule has 0 unspecified atom stereocenters. The van der Waals surface area contributed by atoms with Crippen LogP contribution in [0, 0.1) is 0 Å². The fourth-order valence-corrected chi connectivity index (χ4v) is 4.49. The summed E-state index contributed by atoms with van der Waals surface area (Å²) >= 11 is 1.75. The molecule has 200 valence electrons. The largest absolute Gasteiger partial charge is 0.490 e. The summed E-state index contributed by atoms with van der Waals surface area (Å²) in [7, 11) is 1.90. The van der Waals surface area contributed by atoms with Crippen molar-refractivity contribution in [1.82, 2.24) is 14.7 Å². The zero-order valence-corrected chi connectivity index (χ0v) is 19.5. The maximum Gasteiger partial charge on any atom is 0.490 e. The van der Waals surface area contributed by atoms with E-state index in [1.54, 1.807) is 16.0 Å². The Balaban J connectivity index is 0.000000271. The number of aryl methyl sites for hydroxylation is 1. The molecule has 2 atom stereocenters. The van der Waals surface area contributed by atoms with Gasteiger partial charge in [0.25, 0.3) is 0 Å². The summed E-state index contributed by atoms with van der Waals surface area (Å²) in [5.41, 5.74) is 2.33. The predicted octanol–water partition coefficient (Wildman–Crippen LogP) is 3.52. The highest BCUT2D eigenvalue weighted by Gasteiger charge is 2.44. The molecular weight excluding hydrogens is 522 g/mol. The maximum atomic E-state index is 12.4. The minimum atomic E-state index is -5.08. The normalized spacial score (nSPS) is 20.1. The van der Waals surface area contributed by atoms with Crippen molar-refractivity contribution in [2.24, 2.45) is 7.05 Å². The number of carbonyl (C=O) groups excluding carboxylic acids is 1. The minimum absolute atomic E-state index is 0.242. The Bertz CT molecular complexity index is 1020. The van der Waals surface area contributed by atoms with Crippen LogP contribution in [0.2, 0.25) is 0 Å². The first-order valence-electron chi connectivity index (χ1n) is 10.3. The van der Waals surface area contributed by atoms with Crippen LogP contribution in [0.4, 0.5) is 32.0 Å². The number of carboxylic acids is 2. The van der Waals surface area contributed by atoms with Gasteiger partial charge >= 0.3 is 24.3 Å². The SMILES string of the molecule is Cn1cc(N2C(=O)CC[C@@H]3[C@H]2CCN3Cc2ccsc2)cn1.O=C(O)C(F)(F)F.O=C(O)C(F)(F)F. The summed E-state index contributed by atoms with van der Waals surface area (Å²) in [4.78, 5) is 34.8. The van der Waals surface area contributed by atoms with Crippen molar-refractivity contribution in [1.29, 1.82) is 0 Å². The second-order valence-corrected chi connectivity index (χ2v) is 8.59. The lowest BCUT2D eigenvalue weighted by Crippen LogP contribution is -2.52. The van der Waals surface area contributed by atoms with E-state index in [2.05, 4.69) is 26.8 Å². The van der Waals surface area contributed by atoms with Gasteiger partial charge in [-0.15, -0.1) is 0 Å². The molecule has 4 rings (SSSR count). The Morgan fingerprint density at radius 1 is 1.08 bits per heavy atom. The number of carbonyl (C=O) groups is 3. The first kappa shape index (κ1) is 29.1. The lowest BCUT2D eigenvalue weighted by Gasteiger charge is -2.39. The molecule has 0 saturated carbocycles. The van der Waals surface area contributed by atoms with Crippen molar-refractivity contribution in [3.8, 4) is 0 Å². The number of piperidine rings is 1. The Kier molecular flexibility index (Phi) is 9.48. The Morgan fingerprint density at radius 2 is 1.67 bits per heavy atom. The molecule has 2 aliphatic rings. The molecule has 1 amide bonds. The van der Waals surface area contributed by atoms with Crippen LogP contribution >= 0.6 is 11.3 Å². The number of carboxylic acid groups (broad SMARTS) is 2. The first-order valence-corrected chi connectivity index (χ1v) is 11.2. The number of rotatable bonds is 3. The van der Waals surface area contributed by atoms with Gasteiger partial charge in [-0.1, -0.05) is 0 Å². The average Bonchev–Trinajstić information content (AvgIpc) is 3.50. The van der Waals surface area contributed by atoms with Gasteiger partial charge in [0.15, 0.2) is 0 Å². The van der Waals surface area contributed by atoms with E-state index in [1.807, 2.05) is 24.3 Å². The second-order valence-electron chi connectivity index (χ2n) is 7.81. The summed E-state index contributed by atoms with van der Waals surface area (Å²) in [6.07, 6.45) is -3.75. The summed E-state index contributed by atoms with van der Waals surface area (Å²) < 4.78 is 65.2. The number of nitrogens with zero attached hydrogens (tertiary/aromatic N) is 4. The third kappa shape index (κ3) is 7.94. The Hall–Kier alpha value is -3.14. The number of halogens is 6. The quantitative estimate of drug-likeness (QED) is 0.568. The number of aromatic nitrogens is 2. The minimum Gasteiger partial charge on any atom is -0.475 e. The molecule has 2 aromatic heterocycles. The zero-order chi connectivity index (χ0) is 27.3. The van der Waals surface area contributed by atoms with Gasteiger partial charge in [0.05, 0.1) is 17.9 Å². The molecular formula is C20H22F6N4O5S. The van der Waals surface area contributed by atoms with E-state index in [1.165, 1.54) is 5.56 Å². The van der Waals surface area contributed by atoms with Gasteiger partial charge in [-0.25, -0.2) is 9.59 Å². The number of hydrogen-bond donors (Lipinski definition) is 2. The molecule has 2 saturated heterocycles. The maximum absolute atomic E-state index is 12.4. The lowest BCUT2D eigenvalue weighted by atomic mass is 9.96. The Morgan fingerprint density at radius 3 is 2.11 bits per heavy atom. The fourth-order valence-electron chi connectivity index (χ4n) is 3.83. The van der Waals surface area contributed by atoms with E-state index in [0.717, 1.165) is 31.6 Å². The van der Waals surface area contributed by atoms with Crippen LogP contribution in [0.25, 0.3) is 0 Å². The van der Waals surface area contributed by atoms with Crippen molar-refractivity contribution in [2.45, 2.75) is 50.2 Å². The number of aliphatic carboxylic acids is 2. The molecule has 2 aromatic rings.